The molecule has 0 radical (unpaired) electrons. The Bertz CT molecular complexity index is 554. The third-order valence-corrected chi connectivity index (χ3v) is 3.94. The average molecular weight is 282 g/mol. The fourth-order valence-electron chi connectivity index (χ4n) is 2.77. The zero-order chi connectivity index (χ0) is 14.3. The predicted octanol–water partition coefficient (Wildman–Crippen LogP) is 3.21. The highest BCUT2D eigenvalue weighted by atomic mass is 15.2. The van der Waals surface area contributed by atoms with Crippen molar-refractivity contribution in [3.63, 3.8) is 0 Å². The Kier molecular flexibility index (Phi) is 4.66. The normalized spacial score (nSPS) is 16.9. The van der Waals surface area contributed by atoms with Crippen molar-refractivity contribution in [1.29, 1.82) is 0 Å². The Labute approximate surface area is 125 Å². The van der Waals surface area contributed by atoms with E-state index in [1.165, 1.54) is 37.7 Å². The molecule has 110 valence electrons. The van der Waals surface area contributed by atoms with E-state index in [0.29, 0.717) is 12.6 Å². The lowest BCUT2D eigenvalue weighted by molar-refractivity contribution is 0.410. The summed E-state index contributed by atoms with van der Waals surface area (Å²) in [6, 6.07) is 10.9. The van der Waals surface area contributed by atoms with E-state index in [1.54, 1.807) is 12.5 Å². The quantitative estimate of drug-likeness (QED) is 0.694. The van der Waals surface area contributed by atoms with Crippen molar-refractivity contribution in [3.05, 3.63) is 54.6 Å². The van der Waals surface area contributed by atoms with Gasteiger partial charge in [0, 0.05) is 18.4 Å². The van der Waals surface area contributed by atoms with Crippen LogP contribution in [0.5, 0.6) is 0 Å². The molecular weight excluding hydrogens is 260 g/mol. The molecule has 0 spiro atoms. The Morgan fingerprint density at radius 3 is 2.71 bits per heavy atom. The van der Waals surface area contributed by atoms with Crippen LogP contribution in [0.25, 0.3) is 0 Å². The average Bonchev–Trinajstić information content (AvgIpc) is 3.08. The van der Waals surface area contributed by atoms with Crippen LogP contribution in [0.2, 0.25) is 0 Å². The summed E-state index contributed by atoms with van der Waals surface area (Å²) in [6.07, 6.45) is 12.0. The fraction of sp³-hybridized carbons (Fsp3) is 0.412. The second-order valence-electron chi connectivity index (χ2n) is 5.57. The van der Waals surface area contributed by atoms with Crippen LogP contribution in [0.1, 0.15) is 37.7 Å². The molecule has 0 amide bonds. The van der Waals surface area contributed by atoms with E-state index in [0.717, 1.165) is 5.96 Å². The topological polar surface area (TPSA) is 42.2 Å². The van der Waals surface area contributed by atoms with Gasteiger partial charge in [-0.1, -0.05) is 49.6 Å². The SMILES string of the molecule is c1ccc(CN=C(NC2CCCCC2)n2ccnc2)cc1. The minimum Gasteiger partial charge on any atom is -0.353 e. The van der Waals surface area contributed by atoms with Gasteiger partial charge in [-0.15, -0.1) is 0 Å². The first-order valence-electron chi connectivity index (χ1n) is 7.75. The summed E-state index contributed by atoms with van der Waals surface area (Å²) in [6.45, 7) is 0.689. The summed E-state index contributed by atoms with van der Waals surface area (Å²) < 4.78 is 1.97. The number of hydrogen-bond donors (Lipinski definition) is 1. The molecule has 1 aromatic carbocycles. The number of hydrogen-bond acceptors (Lipinski definition) is 2. The van der Waals surface area contributed by atoms with Gasteiger partial charge >= 0.3 is 0 Å². The third kappa shape index (κ3) is 3.94. The van der Waals surface area contributed by atoms with Crippen molar-refractivity contribution in [3.8, 4) is 0 Å². The molecule has 3 rings (SSSR count). The van der Waals surface area contributed by atoms with E-state index < -0.39 is 0 Å². The zero-order valence-electron chi connectivity index (χ0n) is 12.3. The molecule has 1 fully saturated rings. The maximum Gasteiger partial charge on any atom is 0.204 e. The third-order valence-electron chi connectivity index (χ3n) is 3.94. The summed E-state index contributed by atoms with van der Waals surface area (Å²) in [4.78, 5) is 8.89. The summed E-state index contributed by atoms with van der Waals surface area (Å²) in [5, 5.41) is 3.60. The van der Waals surface area contributed by atoms with Crippen molar-refractivity contribution < 1.29 is 0 Å². The highest BCUT2D eigenvalue weighted by Gasteiger charge is 2.15. The van der Waals surface area contributed by atoms with E-state index >= 15 is 0 Å². The Morgan fingerprint density at radius 2 is 2.00 bits per heavy atom. The Hall–Kier alpha value is -2.10. The molecule has 0 aliphatic heterocycles. The van der Waals surface area contributed by atoms with Gasteiger partial charge in [-0.25, -0.2) is 9.98 Å². The molecule has 1 aromatic heterocycles. The van der Waals surface area contributed by atoms with E-state index in [-0.39, 0.29) is 0 Å². The van der Waals surface area contributed by atoms with Gasteiger partial charge in [0.2, 0.25) is 5.96 Å². The maximum absolute atomic E-state index is 4.76. The molecule has 0 saturated heterocycles. The van der Waals surface area contributed by atoms with Gasteiger partial charge in [-0.3, -0.25) is 4.57 Å². The molecule has 0 bridgehead atoms. The van der Waals surface area contributed by atoms with Crippen molar-refractivity contribution in [2.75, 3.05) is 0 Å². The highest BCUT2D eigenvalue weighted by Crippen LogP contribution is 2.17. The molecule has 1 aliphatic carbocycles. The fourth-order valence-corrected chi connectivity index (χ4v) is 2.77. The van der Waals surface area contributed by atoms with Crippen LogP contribution in [-0.2, 0) is 6.54 Å². The van der Waals surface area contributed by atoms with Crippen molar-refractivity contribution in [2.45, 2.75) is 44.7 Å². The summed E-state index contributed by atoms with van der Waals surface area (Å²) in [5.74, 6) is 0.906. The van der Waals surface area contributed by atoms with Crippen molar-refractivity contribution in [2.24, 2.45) is 4.99 Å². The molecule has 0 unspecified atom stereocenters. The van der Waals surface area contributed by atoms with Gasteiger partial charge in [0.1, 0.15) is 6.33 Å². The molecule has 4 heteroatoms. The highest BCUT2D eigenvalue weighted by molar-refractivity contribution is 5.82. The molecule has 1 heterocycles. The minimum atomic E-state index is 0.538. The van der Waals surface area contributed by atoms with Crippen LogP contribution in [0, 0.1) is 0 Å². The molecule has 1 aliphatic rings. The monoisotopic (exact) mass is 282 g/mol. The molecule has 2 aromatic rings. The van der Waals surface area contributed by atoms with Gasteiger partial charge in [0.15, 0.2) is 0 Å². The first kappa shape index (κ1) is 13.9. The maximum atomic E-state index is 4.76. The summed E-state index contributed by atoms with van der Waals surface area (Å²) in [7, 11) is 0. The van der Waals surface area contributed by atoms with Crippen LogP contribution in [0.15, 0.2) is 54.0 Å². The van der Waals surface area contributed by atoms with Crippen LogP contribution in [-0.4, -0.2) is 21.6 Å². The smallest absolute Gasteiger partial charge is 0.204 e. The van der Waals surface area contributed by atoms with E-state index in [9.17, 15) is 0 Å². The summed E-state index contributed by atoms with van der Waals surface area (Å²) in [5.41, 5.74) is 1.22. The number of imidazole rings is 1. The number of benzene rings is 1. The lowest BCUT2D eigenvalue weighted by atomic mass is 9.96. The number of nitrogens with one attached hydrogen (secondary N) is 1. The second-order valence-corrected chi connectivity index (χ2v) is 5.57. The van der Waals surface area contributed by atoms with Gasteiger partial charge < -0.3 is 5.32 Å². The van der Waals surface area contributed by atoms with E-state index in [1.807, 2.05) is 16.8 Å². The van der Waals surface area contributed by atoms with Gasteiger partial charge in [-0.2, -0.15) is 0 Å². The Morgan fingerprint density at radius 1 is 1.19 bits per heavy atom. The number of aromatic nitrogens is 2. The van der Waals surface area contributed by atoms with Gasteiger partial charge in [-0.05, 0) is 18.4 Å². The van der Waals surface area contributed by atoms with E-state index in [2.05, 4.69) is 34.6 Å². The van der Waals surface area contributed by atoms with E-state index in [4.69, 9.17) is 4.99 Å². The largest absolute Gasteiger partial charge is 0.353 e. The molecule has 0 atom stereocenters. The Balaban J connectivity index is 1.72. The van der Waals surface area contributed by atoms with Crippen LogP contribution in [0.3, 0.4) is 0 Å². The number of rotatable bonds is 3. The predicted molar refractivity (Wildman–Crippen MR) is 85.2 cm³/mol. The van der Waals surface area contributed by atoms with Crippen LogP contribution < -0.4 is 5.32 Å². The van der Waals surface area contributed by atoms with Gasteiger partial charge in [0.25, 0.3) is 0 Å². The first-order chi connectivity index (χ1) is 10.4. The molecular formula is C17H22N4. The second kappa shape index (κ2) is 7.07. The molecule has 21 heavy (non-hydrogen) atoms. The molecule has 1 saturated carbocycles. The zero-order valence-corrected chi connectivity index (χ0v) is 12.3. The lowest BCUT2D eigenvalue weighted by Gasteiger charge is -2.24. The number of aliphatic imine (C=N–C) groups is 1. The first-order valence-corrected chi connectivity index (χ1v) is 7.75. The van der Waals surface area contributed by atoms with Crippen LogP contribution in [0.4, 0.5) is 0 Å². The van der Waals surface area contributed by atoms with Crippen molar-refractivity contribution in [1.82, 2.24) is 14.9 Å². The lowest BCUT2D eigenvalue weighted by Crippen LogP contribution is -2.39. The van der Waals surface area contributed by atoms with Crippen molar-refractivity contribution >= 4 is 5.96 Å². The minimum absolute atomic E-state index is 0.538. The van der Waals surface area contributed by atoms with Crippen LogP contribution >= 0.6 is 0 Å². The standard InChI is InChI=1S/C17H22N4/c1-3-7-15(8-4-1)13-19-17(21-12-11-18-14-21)20-16-9-5-2-6-10-16/h1,3-4,7-8,11-12,14,16H,2,5-6,9-10,13H2,(H,19,20). The number of nitrogens with zero attached hydrogens (tertiary/aromatic N) is 3. The molecule has 4 nitrogen and oxygen atoms in total. The van der Waals surface area contributed by atoms with Gasteiger partial charge in [0.05, 0.1) is 6.54 Å². The summed E-state index contributed by atoms with van der Waals surface area (Å²) >= 11 is 0. The molecule has 1 N–H and O–H groups in total.